The van der Waals surface area contributed by atoms with E-state index in [0.29, 0.717) is 0 Å². The Morgan fingerprint density at radius 2 is 1.62 bits per heavy atom. The van der Waals surface area contributed by atoms with Gasteiger partial charge >= 0.3 is 0 Å². The van der Waals surface area contributed by atoms with Crippen LogP contribution in [0.4, 0.5) is 0 Å². The number of aromatic nitrogens is 3. The standard InChI is InChI=1S/C26H23N3/c1-4-19-10-12-20(13-11-19)25-23-16-27-24-8-6-5-7-22(24)26(23)29(28-25)21-14-9-17(2)18(3)15-21/h5-16H,4H2,1-3H3. The first kappa shape index (κ1) is 17.6. The summed E-state index contributed by atoms with van der Waals surface area (Å²) in [6.07, 6.45) is 3.00. The van der Waals surface area contributed by atoms with Gasteiger partial charge in [0.1, 0.15) is 5.69 Å². The molecule has 0 radical (unpaired) electrons. The first-order chi connectivity index (χ1) is 14.2. The van der Waals surface area contributed by atoms with Crippen LogP contribution in [0.25, 0.3) is 38.8 Å². The third kappa shape index (κ3) is 2.90. The fourth-order valence-electron chi connectivity index (χ4n) is 3.89. The number of benzene rings is 3. The van der Waals surface area contributed by atoms with Crippen LogP contribution in [0.5, 0.6) is 0 Å². The highest BCUT2D eigenvalue weighted by Crippen LogP contribution is 2.34. The smallest absolute Gasteiger partial charge is 0.102 e. The molecule has 3 nitrogen and oxygen atoms in total. The summed E-state index contributed by atoms with van der Waals surface area (Å²) in [6.45, 7) is 6.46. The maximum absolute atomic E-state index is 5.08. The normalized spacial score (nSPS) is 11.4. The Labute approximate surface area is 170 Å². The minimum Gasteiger partial charge on any atom is -0.255 e. The third-order valence-corrected chi connectivity index (χ3v) is 5.78. The van der Waals surface area contributed by atoms with Gasteiger partial charge in [0.15, 0.2) is 0 Å². The second-order valence-electron chi connectivity index (χ2n) is 7.62. The SMILES string of the molecule is CCc1ccc(-c2nn(-c3ccc(C)c(C)c3)c3c2cnc2ccccc23)cc1. The summed E-state index contributed by atoms with van der Waals surface area (Å²) >= 11 is 0. The van der Waals surface area contributed by atoms with E-state index in [1.54, 1.807) is 0 Å². The Hall–Kier alpha value is -3.46. The quantitative estimate of drug-likeness (QED) is 0.363. The van der Waals surface area contributed by atoms with E-state index in [1.165, 1.54) is 16.7 Å². The molecule has 142 valence electrons. The van der Waals surface area contributed by atoms with Gasteiger partial charge in [-0.2, -0.15) is 5.10 Å². The summed E-state index contributed by atoms with van der Waals surface area (Å²) < 4.78 is 2.08. The molecule has 0 aliphatic rings. The second kappa shape index (κ2) is 6.85. The fraction of sp³-hybridized carbons (Fsp3) is 0.154. The first-order valence-corrected chi connectivity index (χ1v) is 10.1. The molecule has 0 unspecified atom stereocenters. The summed E-state index contributed by atoms with van der Waals surface area (Å²) in [7, 11) is 0. The van der Waals surface area contributed by atoms with E-state index in [-0.39, 0.29) is 0 Å². The van der Waals surface area contributed by atoms with Crippen molar-refractivity contribution in [2.24, 2.45) is 0 Å². The van der Waals surface area contributed by atoms with Gasteiger partial charge in [0.25, 0.3) is 0 Å². The summed E-state index contributed by atoms with van der Waals surface area (Å²) in [5, 5.41) is 7.28. The lowest BCUT2D eigenvalue weighted by Gasteiger charge is -2.08. The zero-order chi connectivity index (χ0) is 20.0. The molecule has 0 aliphatic carbocycles. The average Bonchev–Trinajstić information content (AvgIpc) is 3.16. The molecule has 0 amide bonds. The number of pyridine rings is 1. The number of hydrogen-bond acceptors (Lipinski definition) is 2. The van der Waals surface area contributed by atoms with Crippen molar-refractivity contribution in [3.63, 3.8) is 0 Å². The molecule has 0 saturated carbocycles. The number of nitrogens with zero attached hydrogens (tertiary/aromatic N) is 3. The Bertz CT molecular complexity index is 1340. The number of rotatable bonds is 3. The van der Waals surface area contributed by atoms with Crippen LogP contribution in [0.15, 0.2) is 72.9 Å². The number of fused-ring (bicyclic) bond motifs is 3. The van der Waals surface area contributed by atoms with Crippen LogP contribution < -0.4 is 0 Å². The fourth-order valence-corrected chi connectivity index (χ4v) is 3.89. The molecular formula is C26H23N3. The molecule has 0 aliphatic heterocycles. The highest BCUT2D eigenvalue weighted by Gasteiger charge is 2.17. The van der Waals surface area contributed by atoms with Gasteiger partial charge in [0, 0.05) is 22.5 Å². The van der Waals surface area contributed by atoms with Gasteiger partial charge in [0.2, 0.25) is 0 Å². The molecule has 29 heavy (non-hydrogen) atoms. The van der Waals surface area contributed by atoms with Crippen molar-refractivity contribution >= 4 is 21.8 Å². The monoisotopic (exact) mass is 377 g/mol. The number of hydrogen-bond donors (Lipinski definition) is 0. The highest BCUT2D eigenvalue weighted by atomic mass is 15.3. The zero-order valence-electron chi connectivity index (χ0n) is 17.0. The molecule has 0 fully saturated rings. The van der Waals surface area contributed by atoms with E-state index in [4.69, 9.17) is 10.1 Å². The minimum absolute atomic E-state index is 0.971. The number of para-hydroxylation sites is 1. The lowest BCUT2D eigenvalue weighted by atomic mass is 10.0. The van der Waals surface area contributed by atoms with Gasteiger partial charge in [-0.3, -0.25) is 4.98 Å². The summed E-state index contributed by atoms with van der Waals surface area (Å²) in [4.78, 5) is 4.71. The van der Waals surface area contributed by atoms with E-state index in [2.05, 4.69) is 86.1 Å². The van der Waals surface area contributed by atoms with Gasteiger partial charge in [-0.25, -0.2) is 4.68 Å². The molecule has 0 saturated heterocycles. The summed E-state index contributed by atoms with van der Waals surface area (Å²) in [6, 6.07) is 23.5. The van der Waals surface area contributed by atoms with Crippen molar-refractivity contribution in [2.75, 3.05) is 0 Å². The van der Waals surface area contributed by atoms with Gasteiger partial charge in [0.05, 0.1) is 16.7 Å². The summed E-state index contributed by atoms with van der Waals surface area (Å²) in [5.74, 6) is 0. The van der Waals surface area contributed by atoms with Crippen molar-refractivity contribution in [3.05, 3.63) is 89.6 Å². The third-order valence-electron chi connectivity index (χ3n) is 5.78. The first-order valence-electron chi connectivity index (χ1n) is 10.1. The predicted molar refractivity (Wildman–Crippen MR) is 121 cm³/mol. The van der Waals surface area contributed by atoms with E-state index < -0.39 is 0 Å². The van der Waals surface area contributed by atoms with Crippen LogP contribution in [0, 0.1) is 13.8 Å². The molecule has 5 aromatic rings. The van der Waals surface area contributed by atoms with Crippen molar-refractivity contribution in [1.82, 2.24) is 14.8 Å². The summed E-state index contributed by atoms with van der Waals surface area (Å²) in [5.41, 5.74) is 9.13. The highest BCUT2D eigenvalue weighted by molar-refractivity contribution is 6.08. The molecule has 2 heterocycles. The van der Waals surface area contributed by atoms with Gasteiger partial charge in [-0.05, 0) is 55.2 Å². The lowest BCUT2D eigenvalue weighted by molar-refractivity contribution is 0.915. The Balaban J connectivity index is 1.85. The minimum atomic E-state index is 0.971. The van der Waals surface area contributed by atoms with Gasteiger partial charge in [-0.1, -0.05) is 55.5 Å². The molecule has 3 heteroatoms. The molecule has 2 aromatic heterocycles. The van der Waals surface area contributed by atoms with Crippen molar-refractivity contribution in [1.29, 1.82) is 0 Å². The van der Waals surface area contributed by atoms with Crippen LogP contribution in [0.1, 0.15) is 23.6 Å². The molecule has 0 spiro atoms. The Morgan fingerprint density at radius 1 is 0.828 bits per heavy atom. The van der Waals surface area contributed by atoms with E-state index in [1.807, 2.05) is 12.3 Å². The van der Waals surface area contributed by atoms with Crippen LogP contribution in [-0.4, -0.2) is 14.8 Å². The van der Waals surface area contributed by atoms with Crippen LogP contribution in [0.2, 0.25) is 0 Å². The van der Waals surface area contributed by atoms with Crippen molar-refractivity contribution in [2.45, 2.75) is 27.2 Å². The molecule has 0 bridgehead atoms. The van der Waals surface area contributed by atoms with Gasteiger partial charge in [-0.15, -0.1) is 0 Å². The van der Waals surface area contributed by atoms with E-state index in [0.717, 1.165) is 45.2 Å². The van der Waals surface area contributed by atoms with Crippen molar-refractivity contribution in [3.8, 4) is 16.9 Å². The molecule has 3 aromatic carbocycles. The lowest BCUT2D eigenvalue weighted by Crippen LogP contribution is -1.98. The molecule has 5 rings (SSSR count). The van der Waals surface area contributed by atoms with Crippen LogP contribution in [0.3, 0.4) is 0 Å². The maximum atomic E-state index is 5.08. The Kier molecular flexibility index (Phi) is 4.17. The van der Waals surface area contributed by atoms with Crippen LogP contribution in [-0.2, 0) is 6.42 Å². The average molecular weight is 377 g/mol. The molecule has 0 N–H and O–H groups in total. The zero-order valence-corrected chi connectivity index (χ0v) is 17.0. The topological polar surface area (TPSA) is 30.7 Å². The second-order valence-corrected chi connectivity index (χ2v) is 7.62. The molecular weight excluding hydrogens is 354 g/mol. The largest absolute Gasteiger partial charge is 0.255 e. The maximum Gasteiger partial charge on any atom is 0.102 e. The van der Waals surface area contributed by atoms with Crippen LogP contribution >= 0.6 is 0 Å². The van der Waals surface area contributed by atoms with Crippen molar-refractivity contribution < 1.29 is 0 Å². The Morgan fingerprint density at radius 3 is 2.38 bits per heavy atom. The van der Waals surface area contributed by atoms with E-state index >= 15 is 0 Å². The van der Waals surface area contributed by atoms with Gasteiger partial charge < -0.3 is 0 Å². The number of aryl methyl sites for hydroxylation is 3. The predicted octanol–water partition coefficient (Wildman–Crippen LogP) is 6.42. The van der Waals surface area contributed by atoms with E-state index in [9.17, 15) is 0 Å². The molecule has 0 atom stereocenters.